The van der Waals surface area contributed by atoms with Crippen molar-refractivity contribution in [2.24, 2.45) is 10.8 Å². The number of methoxy groups -OCH3 is 1. The first-order chi connectivity index (χ1) is 17.6. The fourth-order valence-electron chi connectivity index (χ4n) is 3.00. The molecule has 1 aromatic carbocycles. The second-order valence-electron chi connectivity index (χ2n) is 11.1. The summed E-state index contributed by atoms with van der Waals surface area (Å²) >= 11 is 0. The van der Waals surface area contributed by atoms with Crippen molar-refractivity contribution in [1.82, 2.24) is 5.32 Å². The smallest absolute Gasteiger partial charge is 0.468 e. The highest BCUT2D eigenvalue weighted by Crippen LogP contribution is 2.33. The van der Waals surface area contributed by atoms with Crippen LogP contribution in [0.3, 0.4) is 0 Å². The van der Waals surface area contributed by atoms with Crippen molar-refractivity contribution < 1.29 is 42.9 Å². The fourth-order valence-corrected chi connectivity index (χ4v) is 3.00. The molecule has 10 nitrogen and oxygen atoms in total. The average Bonchev–Trinajstić information content (AvgIpc) is 2.80. The Bertz CT molecular complexity index is 960. The van der Waals surface area contributed by atoms with E-state index in [0.29, 0.717) is 5.56 Å². The van der Waals surface area contributed by atoms with E-state index in [1.165, 1.54) is 13.2 Å². The normalized spacial score (nSPS) is 13.2. The van der Waals surface area contributed by atoms with Gasteiger partial charge in [0.15, 0.2) is 11.5 Å². The molecule has 0 aliphatic rings. The van der Waals surface area contributed by atoms with Gasteiger partial charge < -0.3 is 29.0 Å². The van der Waals surface area contributed by atoms with Crippen LogP contribution in [-0.2, 0) is 35.0 Å². The molecule has 0 radical (unpaired) electrons. The topological polar surface area (TPSA) is 126 Å². The molecule has 10 heteroatoms. The highest BCUT2D eigenvalue weighted by molar-refractivity contribution is 5.81. The molecular formula is C28H43NO9. The maximum Gasteiger partial charge on any atom is 0.508 e. The van der Waals surface area contributed by atoms with Crippen LogP contribution in [0.2, 0.25) is 0 Å². The van der Waals surface area contributed by atoms with E-state index in [-0.39, 0.29) is 37.2 Å². The van der Waals surface area contributed by atoms with Gasteiger partial charge in [-0.2, -0.15) is 0 Å². The zero-order valence-electron chi connectivity index (χ0n) is 24.1. The molecule has 1 N–H and O–H groups in total. The lowest BCUT2D eigenvalue weighted by atomic mass is 9.97. The molecular weight excluding hydrogens is 494 g/mol. The van der Waals surface area contributed by atoms with E-state index in [1.807, 2.05) is 6.92 Å². The minimum Gasteiger partial charge on any atom is -0.468 e. The van der Waals surface area contributed by atoms with Crippen LogP contribution < -0.4 is 14.8 Å². The summed E-state index contributed by atoms with van der Waals surface area (Å²) in [7, 11) is 1.27. The van der Waals surface area contributed by atoms with Crippen LogP contribution in [0, 0.1) is 10.8 Å². The first-order valence-electron chi connectivity index (χ1n) is 12.8. The summed E-state index contributed by atoms with van der Waals surface area (Å²) in [5.74, 6) is -1.37. The van der Waals surface area contributed by atoms with Crippen molar-refractivity contribution in [3.8, 4) is 11.5 Å². The maximum atomic E-state index is 12.6. The van der Waals surface area contributed by atoms with Gasteiger partial charge in [-0.25, -0.2) is 4.79 Å². The zero-order chi connectivity index (χ0) is 29.1. The molecule has 0 aromatic heterocycles. The SMILES string of the molecule is CCCC(C)OC(=O)OCCN[C@@H](Cc1ccc(OC(=O)C(C)(C)C)c(OC(=O)C(C)(C)C)c1)C(=O)OC. The predicted molar refractivity (Wildman–Crippen MR) is 141 cm³/mol. The molecule has 0 amide bonds. The van der Waals surface area contributed by atoms with Crippen LogP contribution in [0.4, 0.5) is 4.79 Å². The van der Waals surface area contributed by atoms with E-state index in [2.05, 4.69) is 5.32 Å². The minimum atomic E-state index is -0.799. The van der Waals surface area contributed by atoms with Gasteiger partial charge in [0.1, 0.15) is 18.8 Å². The molecule has 0 spiro atoms. The molecule has 2 atom stereocenters. The number of benzene rings is 1. The highest BCUT2D eigenvalue weighted by atomic mass is 16.7. The summed E-state index contributed by atoms with van der Waals surface area (Å²) in [6.07, 6.45) is 0.772. The van der Waals surface area contributed by atoms with Gasteiger partial charge in [0.05, 0.1) is 17.9 Å². The number of ether oxygens (including phenoxy) is 5. The molecule has 214 valence electrons. The lowest BCUT2D eigenvalue weighted by Gasteiger charge is -2.21. The number of hydrogen-bond acceptors (Lipinski definition) is 10. The standard InChI is InChI=1S/C28H43NO9/c1-10-11-18(2)36-26(33)35-15-14-29-20(23(30)34-9)16-19-12-13-21(37-24(31)27(3,4)5)22(17-19)38-25(32)28(6,7)8/h12-13,17-18,20,29H,10-11,14-16H2,1-9H3/t18?,20-/m0/s1. The molecule has 0 fully saturated rings. The van der Waals surface area contributed by atoms with Crippen molar-refractivity contribution >= 4 is 24.1 Å². The lowest BCUT2D eigenvalue weighted by molar-refractivity contribution is -0.145. The van der Waals surface area contributed by atoms with Gasteiger partial charge in [-0.3, -0.25) is 14.4 Å². The molecule has 0 saturated carbocycles. The summed E-state index contributed by atoms with van der Waals surface area (Å²) in [5.41, 5.74) is -0.951. The third-order valence-corrected chi connectivity index (χ3v) is 5.27. The Balaban J connectivity index is 3.00. The van der Waals surface area contributed by atoms with E-state index < -0.39 is 40.9 Å². The Labute approximate surface area is 225 Å². The third-order valence-electron chi connectivity index (χ3n) is 5.27. The van der Waals surface area contributed by atoms with E-state index in [9.17, 15) is 19.2 Å². The monoisotopic (exact) mass is 537 g/mol. The van der Waals surface area contributed by atoms with Gasteiger partial charge in [-0.05, 0) is 79.0 Å². The van der Waals surface area contributed by atoms with Crippen molar-refractivity contribution in [3.05, 3.63) is 23.8 Å². The number of carbonyl (C=O) groups excluding carboxylic acids is 4. The van der Waals surface area contributed by atoms with Crippen molar-refractivity contribution in [2.75, 3.05) is 20.3 Å². The number of carbonyl (C=O) groups is 4. The van der Waals surface area contributed by atoms with Crippen LogP contribution in [0.5, 0.6) is 11.5 Å². The largest absolute Gasteiger partial charge is 0.508 e. The molecule has 1 unspecified atom stereocenters. The second-order valence-corrected chi connectivity index (χ2v) is 11.1. The fraction of sp³-hybridized carbons (Fsp3) is 0.643. The van der Waals surface area contributed by atoms with Gasteiger partial charge in [0.25, 0.3) is 0 Å². The van der Waals surface area contributed by atoms with E-state index in [4.69, 9.17) is 23.7 Å². The van der Waals surface area contributed by atoms with Gasteiger partial charge in [0.2, 0.25) is 0 Å². The molecule has 0 aliphatic heterocycles. The molecule has 1 aromatic rings. The predicted octanol–water partition coefficient (Wildman–Crippen LogP) is 4.61. The van der Waals surface area contributed by atoms with E-state index >= 15 is 0 Å². The quantitative estimate of drug-likeness (QED) is 0.229. The van der Waals surface area contributed by atoms with Gasteiger partial charge in [-0.1, -0.05) is 19.4 Å². The molecule has 38 heavy (non-hydrogen) atoms. The molecule has 0 aliphatic carbocycles. The summed E-state index contributed by atoms with van der Waals surface area (Å²) < 4.78 is 26.2. The van der Waals surface area contributed by atoms with E-state index in [0.717, 1.165) is 12.8 Å². The minimum absolute atomic E-state index is 0.0126. The first-order valence-corrected chi connectivity index (χ1v) is 12.8. The Kier molecular flexibility index (Phi) is 12.7. The third kappa shape index (κ3) is 11.5. The van der Waals surface area contributed by atoms with Crippen LogP contribution in [0.25, 0.3) is 0 Å². The van der Waals surface area contributed by atoms with Crippen molar-refractivity contribution in [3.63, 3.8) is 0 Å². The summed E-state index contributed by atoms with van der Waals surface area (Å²) in [6.45, 7) is 14.2. The number of rotatable bonds is 12. The first kappa shape index (κ1) is 32.9. The molecule has 0 saturated heterocycles. The lowest BCUT2D eigenvalue weighted by Crippen LogP contribution is -2.41. The Morgan fingerprint density at radius 1 is 0.921 bits per heavy atom. The Morgan fingerprint density at radius 2 is 1.50 bits per heavy atom. The van der Waals surface area contributed by atoms with Gasteiger partial charge in [0, 0.05) is 6.54 Å². The van der Waals surface area contributed by atoms with E-state index in [1.54, 1.807) is 60.6 Å². The number of esters is 3. The maximum absolute atomic E-state index is 12.6. The number of hydrogen-bond donors (Lipinski definition) is 1. The zero-order valence-corrected chi connectivity index (χ0v) is 24.1. The van der Waals surface area contributed by atoms with Crippen LogP contribution >= 0.6 is 0 Å². The number of nitrogens with one attached hydrogen (secondary N) is 1. The Hall–Kier alpha value is -3.14. The van der Waals surface area contributed by atoms with Crippen molar-refractivity contribution in [1.29, 1.82) is 0 Å². The summed E-state index contributed by atoms with van der Waals surface area (Å²) in [6, 6.07) is 3.96. The average molecular weight is 538 g/mol. The van der Waals surface area contributed by atoms with Crippen LogP contribution in [-0.4, -0.2) is 56.5 Å². The molecule has 0 heterocycles. The van der Waals surface area contributed by atoms with Gasteiger partial charge in [-0.15, -0.1) is 0 Å². The highest BCUT2D eigenvalue weighted by Gasteiger charge is 2.29. The van der Waals surface area contributed by atoms with Crippen molar-refractivity contribution in [2.45, 2.75) is 86.8 Å². The van der Waals surface area contributed by atoms with Crippen LogP contribution in [0.15, 0.2) is 18.2 Å². The second kappa shape index (κ2) is 14.7. The molecule has 0 bridgehead atoms. The molecule has 1 rings (SSSR count). The Morgan fingerprint density at radius 3 is 2.03 bits per heavy atom. The summed E-state index contributed by atoms with van der Waals surface area (Å²) in [4.78, 5) is 49.2. The van der Waals surface area contributed by atoms with Crippen LogP contribution in [0.1, 0.15) is 73.8 Å². The summed E-state index contributed by atoms with van der Waals surface area (Å²) in [5, 5.41) is 3.00. The van der Waals surface area contributed by atoms with Gasteiger partial charge >= 0.3 is 24.1 Å².